The Morgan fingerprint density at radius 3 is 2.42 bits per heavy atom. The first-order valence-electron chi connectivity index (χ1n) is 6.92. The van der Waals surface area contributed by atoms with Crippen LogP contribution in [0.1, 0.15) is 10.4 Å². The summed E-state index contributed by atoms with van der Waals surface area (Å²) in [5.41, 5.74) is 0.965. The molecule has 3 rings (SSSR count). The Morgan fingerprint density at radius 2 is 1.79 bits per heavy atom. The molecule has 120 valence electrons. The van der Waals surface area contributed by atoms with Gasteiger partial charge in [-0.05, 0) is 42.5 Å². The van der Waals surface area contributed by atoms with Gasteiger partial charge in [0.15, 0.2) is 0 Å². The Labute approximate surface area is 151 Å². The summed E-state index contributed by atoms with van der Waals surface area (Å²) >= 11 is 9.07. The molecule has 1 N–H and O–H groups in total. The van der Waals surface area contributed by atoms with Gasteiger partial charge < -0.3 is 10.1 Å². The first-order valence-corrected chi connectivity index (χ1v) is 8.09. The molecule has 2 aromatic heterocycles. The van der Waals surface area contributed by atoms with E-state index in [-0.39, 0.29) is 5.91 Å². The highest BCUT2D eigenvalue weighted by molar-refractivity contribution is 9.10. The largest absolute Gasteiger partial charge is 0.439 e. The Morgan fingerprint density at radius 1 is 1.00 bits per heavy atom. The summed E-state index contributed by atoms with van der Waals surface area (Å²) in [5.74, 6) is 0.777. The number of ether oxygens (including phenoxy) is 1. The molecule has 0 aliphatic heterocycles. The highest BCUT2D eigenvalue weighted by atomic mass is 79.9. The molecular formula is C17H11BrClN3O2. The third kappa shape index (κ3) is 4.31. The summed E-state index contributed by atoms with van der Waals surface area (Å²) in [6.45, 7) is 0. The molecule has 0 radical (unpaired) electrons. The summed E-state index contributed by atoms with van der Waals surface area (Å²) in [4.78, 5) is 20.2. The van der Waals surface area contributed by atoms with E-state index in [1.807, 2.05) is 24.3 Å². The monoisotopic (exact) mass is 403 g/mol. The number of aromatic nitrogens is 2. The summed E-state index contributed by atoms with van der Waals surface area (Å²) in [6.07, 6.45) is 2.94. The second kappa shape index (κ2) is 7.42. The zero-order chi connectivity index (χ0) is 16.9. The Balaban J connectivity index is 1.66. The minimum atomic E-state index is -0.290. The number of benzene rings is 1. The number of carbonyl (C=O) groups excluding carboxylic acids is 1. The third-order valence-corrected chi connectivity index (χ3v) is 3.77. The van der Waals surface area contributed by atoms with Gasteiger partial charge in [0.05, 0.1) is 17.4 Å². The van der Waals surface area contributed by atoms with Crippen LogP contribution in [-0.4, -0.2) is 15.9 Å². The molecule has 0 saturated heterocycles. The summed E-state index contributed by atoms with van der Waals surface area (Å²) < 4.78 is 6.58. The fourth-order valence-electron chi connectivity index (χ4n) is 1.85. The highest BCUT2D eigenvalue weighted by Crippen LogP contribution is 2.22. The van der Waals surface area contributed by atoms with Crippen molar-refractivity contribution in [1.82, 2.24) is 9.97 Å². The van der Waals surface area contributed by atoms with Crippen LogP contribution in [0, 0.1) is 0 Å². The molecule has 0 aliphatic carbocycles. The molecule has 7 heteroatoms. The van der Waals surface area contributed by atoms with Crippen LogP contribution in [-0.2, 0) is 0 Å². The normalized spacial score (nSPS) is 10.2. The van der Waals surface area contributed by atoms with Crippen molar-refractivity contribution in [3.05, 3.63) is 76.1 Å². The number of hydrogen-bond donors (Lipinski definition) is 1. The predicted octanol–water partition coefficient (Wildman–Crippen LogP) is 4.94. The van der Waals surface area contributed by atoms with Crippen molar-refractivity contribution in [2.75, 3.05) is 5.32 Å². The lowest BCUT2D eigenvalue weighted by molar-refractivity contribution is 0.102. The number of nitrogens with one attached hydrogen (secondary N) is 1. The second-order valence-corrected chi connectivity index (χ2v) is 6.07. The van der Waals surface area contributed by atoms with Crippen LogP contribution in [0.3, 0.4) is 0 Å². The molecule has 3 aromatic rings. The maximum atomic E-state index is 12.1. The van der Waals surface area contributed by atoms with E-state index in [1.54, 1.807) is 24.3 Å². The van der Waals surface area contributed by atoms with E-state index in [1.165, 1.54) is 12.4 Å². The number of rotatable bonds is 4. The van der Waals surface area contributed by atoms with Gasteiger partial charge >= 0.3 is 0 Å². The highest BCUT2D eigenvalue weighted by Gasteiger charge is 2.08. The van der Waals surface area contributed by atoms with Crippen LogP contribution in [0.25, 0.3) is 0 Å². The molecule has 1 amide bonds. The van der Waals surface area contributed by atoms with Gasteiger partial charge in [0.2, 0.25) is 5.88 Å². The van der Waals surface area contributed by atoms with E-state index in [2.05, 4.69) is 31.2 Å². The predicted molar refractivity (Wildman–Crippen MR) is 95.7 cm³/mol. The number of hydrogen-bond acceptors (Lipinski definition) is 4. The van der Waals surface area contributed by atoms with Gasteiger partial charge in [-0.15, -0.1) is 0 Å². The molecule has 24 heavy (non-hydrogen) atoms. The van der Waals surface area contributed by atoms with Crippen LogP contribution in [0.2, 0.25) is 5.15 Å². The van der Waals surface area contributed by atoms with Crippen LogP contribution in [0.4, 0.5) is 5.69 Å². The fraction of sp³-hybridized carbons (Fsp3) is 0. The molecule has 0 fully saturated rings. The number of pyridine rings is 2. The molecule has 5 nitrogen and oxygen atoms in total. The van der Waals surface area contributed by atoms with Crippen LogP contribution in [0.5, 0.6) is 11.6 Å². The summed E-state index contributed by atoms with van der Waals surface area (Å²) in [6, 6.07) is 13.9. The maximum Gasteiger partial charge on any atom is 0.257 e. The van der Waals surface area contributed by atoms with Gasteiger partial charge in [0.25, 0.3) is 5.91 Å². The van der Waals surface area contributed by atoms with E-state index in [0.717, 1.165) is 4.47 Å². The van der Waals surface area contributed by atoms with Gasteiger partial charge in [-0.25, -0.2) is 9.97 Å². The standard InChI is InChI=1S/C17H11BrClN3O2/c18-12-2-5-14(6-3-12)24-16-8-1-11(9-21-16)17(23)22-13-4-7-15(19)20-10-13/h1-10H,(H,22,23). The van der Waals surface area contributed by atoms with E-state index in [4.69, 9.17) is 16.3 Å². The van der Waals surface area contributed by atoms with Gasteiger partial charge in [-0.1, -0.05) is 27.5 Å². The van der Waals surface area contributed by atoms with E-state index in [0.29, 0.717) is 28.0 Å². The van der Waals surface area contributed by atoms with Crippen molar-refractivity contribution in [1.29, 1.82) is 0 Å². The van der Waals surface area contributed by atoms with Crippen LogP contribution >= 0.6 is 27.5 Å². The number of halogens is 2. The Hall–Kier alpha value is -2.44. The molecule has 0 atom stereocenters. The number of carbonyl (C=O) groups is 1. The van der Waals surface area contributed by atoms with Crippen molar-refractivity contribution in [2.45, 2.75) is 0 Å². The van der Waals surface area contributed by atoms with Crippen molar-refractivity contribution in [2.24, 2.45) is 0 Å². The van der Waals surface area contributed by atoms with E-state index >= 15 is 0 Å². The Kier molecular flexibility index (Phi) is 5.08. The average molecular weight is 405 g/mol. The minimum absolute atomic E-state index is 0.290. The second-order valence-electron chi connectivity index (χ2n) is 4.76. The van der Waals surface area contributed by atoms with E-state index in [9.17, 15) is 4.79 Å². The molecule has 0 unspecified atom stereocenters. The van der Waals surface area contributed by atoms with E-state index < -0.39 is 0 Å². The molecule has 0 spiro atoms. The third-order valence-electron chi connectivity index (χ3n) is 3.02. The maximum absolute atomic E-state index is 12.1. The van der Waals surface area contributed by atoms with Crippen molar-refractivity contribution in [3.8, 4) is 11.6 Å². The lowest BCUT2D eigenvalue weighted by atomic mass is 10.2. The smallest absolute Gasteiger partial charge is 0.257 e. The fourth-order valence-corrected chi connectivity index (χ4v) is 2.23. The van der Waals surface area contributed by atoms with Crippen molar-refractivity contribution >= 4 is 39.1 Å². The molecule has 1 aromatic carbocycles. The van der Waals surface area contributed by atoms with Crippen molar-refractivity contribution < 1.29 is 9.53 Å². The first kappa shape index (κ1) is 16.4. The van der Waals surface area contributed by atoms with Crippen LogP contribution in [0.15, 0.2) is 65.4 Å². The molecule has 0 saturated carbocycles. The Bertz CT molecular complexity index is 837. The van der Waals surface area contributed by atoms with Gasteiger partial charge in [0.1, 0.15) is 10.9 Å². The summed E-state index contributed by atoms with van der Waals surface area (Å²) in [7, 11) is 0. The first-order chi connectivity index (χ1) is 11.6. The molecule has 0 aliphatic rings. The topological polar surface area (TPSA) is 64.1 Å². The molecular weight excluding hydrogens is 394 g/mol. The lowest BCUT2D eigenvalue weighted by Gasteiger charge is -2.07. The number of nitrogens with zero attached hydrogens (tertiary/aromatic N) is 2. The number of amides is 1. The quantitative estimate of drug-likeness (QED) is 0.626. The number of anilines is 1. The van der Waals surface area contributed by atoms with Gasteiger partial charge in [-0.2, -0.15) is 0 Å². The van der Waals surface area contributed by atoms with Gasteiger partial charge in [0, 0.05) is 16.7 Å². The summed E-state index contributed by atoms with van der Waals surface area (Å²) in [5, 5.41) is 3.08. The molecule has 0 bridgehead atoms. The van der Waals surface area contributed by atoms with Crippen molar-refractivity contribution in [3.63, 3.8) is 0 Å². The average Bonchev–Trinajstić information content (AvgIpc) is 2.59. The SMILES string of the molecule is O=C(Nc1ccc(Cl)nc1)c1ccc(Oc2ccc(Br)cc2)nc1. The minimum Gasteiger partial charge on any atom is -0.439 e. The zero-order valence-corrected chi connectivity index (χ0v) is 14.6. The zero-order valence-electron chi connectivity index (χ0n) is 12.2. The van der Waals surface area contributed by atoms with Gasteiger partial charge in [-0.3, -0.25) is 4.79 Å². The lowest BCUT2D eigenvalue weighted by Crippen LogP contribution is -2.12. The molecule has 2 heterocycles. The van der Waals surface area contributed by atoms with Crippen LogP contribution < -0.4 is 10.1 Å².